The summed E-state index contributed by atoms with van der Waals surface area (Å²) >= 11 is 0. The summed E-state index contributed by atoms with van der Waals surface area (Å²) in [5.74, 6) is 1.28. The van der Waals surface area contributed by atoms with Gasteiger partial charge < -0.3 is 20.1 Å². The molecular formula is C24H31FIN5O2. The van der Waals surface area contributed by atoms with Crippen molar-refractivity contribution in [3.63, 3.8) is 0 Å². The van der Waals surface area contributed by atoms with E-state index in [9.17, 15) is 4.39 Å². The fourth-order valence-corrected chi connectivity index (χ4v) is 3.12. The van der Waals surface area contributed by atoms with Gasteiger partial charge in [0.25, 0.3) is 0 Å². The monoisotopic (exact) mass is 567 g/mol. The van der Waals surface area contributed by atoms with Crippen molar-refractivity contribution in [2.45, 2.75) is 19.9 Å². The second-order valence-corrected chi connectivity index (χ2v) is 7.28. The highest BCUT2D eigenvalue weighted by Gasteiger charge is 2.07. The molecule has 0 saturated carbocycles. The predicted molar refractivity (Wildman–Crippen MR) is 139 cm³/mol. The summed E-state index contributed by atoms with van der Waals surface area (Å²) in [5, 5.41) is 11.2. The third kappa shape index (κ3) is 8.32. The summed E-state index contributed by atoms with van der Waals surface area (Å²) in [7, 11) is 3.40. The van der Waals surface area contributed by atoms with Crippen LogP contribution in [0.3, 0.4) is 0 Å². The topological polar surface area (TPSA) is 72.7 Å². The first-order valence-electron chi connectivity index (χ1n) is 10.6. The lowest BCUT2D eigenvalue weighted by Gasteiger charge is -2.15. The molecule has 3 rings (SSSR count). The van der Waals surface area contributed by atoms with Crippen molar-refractivity contribution in [1.29, 1.82) is 0 Å². The minimum Gasteiger partial charge on any atom is -0.491 e. The molecule has 2 N–H and O–H groups in total. The smallest absolute Gasteiger partial charge is 0.191 e. The molecule has 1 aromatic heterocycles. The predicted octanol–water partition coefficient (Wildman–Crippen LogP) is 3.87. The average Bonchev–Trinajstić information content (AvgIpc) is 3.26. The first-order valence-corrected chi connectivity index (χ1v) is 10.6. The minimum atomic E-state index is -0.261. The van der Waals surface area contributed by atoms with Crippen molar-refractivity contribution in [3.05, 3.63) is 77.4 Å². The van der Waals surface area contributed by atoms with Crippen molar-refractivity contribution in [2.24, 2.45) is 4.99 Å². The lowest BCUT2D eigenvalue weighted by Crippen LogP contribution is -2.38. The van der Waals surface area contributed by atoms with E-state index in [2.05, 4.69) is 32.9 Å². The van der Waals surface area contributed by atoms with E-state index in [4.69, 9.17) is 9.47 Å². The van der Waals surface area contributed by atoms with Gasteiger partial charge in [-0.2, -0.15) is 5.10 Å². The highest BCUT2D eigenvalue weighted by atomic mass is 127. The highest BCUT2D eigenvalue weighted by molar-refractivity contribution is 14.0. The third-order valence-electron chi connectivity index (χ3n) is 4.85. The molecule has 0 amide bonds. The molecule has 0 saturated heterocycles. The fraction of sp³-hybridized carbons (Fsp3) is 0.333. The van der Waals surface area contributed by atoms with Gasteiger partial charge in [0.15, 0.2) is 5.96 Å². The number of aromatic nitrogens is 2. The van der Waals surface area contributed by atoms with Gasteiger partial charge in [0.1, 0.15) is 18.2 Å². The quantitative estimate of drug-likeness (QED) is 0.169. The van der Waals surface area contributed by atoms with Crippen molar-refractivity contribution in [3.8, 4) is 11.4 Å². The van der Waals surface area contributed by atoms with Crippen LogP contribution < -0.4 is 15.4 Å². The van der Waals surface area contributed by atoms with Gasteiger partial charge in [0.05, 0.1) is 18.0 Å². The maximum absolute atomic E-state index is 13.1. The highest BCUT2D eigenvalue weighted by Crippen LogP contribution is 2.20. The Balaban J connectivity index is 0.00000385. The average molecular weight is 567 g/mol. The van der Waals surface area contributed by atoms with Crippen LogP contribution in [0.25, 0.3) is 5.69 Å². The number of guanidine groups is 1. The Hall–Kier alpha value is -2.66. The van der Waals surface area contributed by atoms with Crippen LogP contribution in [-0.2, 0) is 17.7 Å². The normalized spacial score (nSPS) is 11.1. The lowest BCUT2D eigenvalue weighted by atomic mass is 10.1. The van der Waals surface area contributed by atoms with Crippen LogP contribution >= 0.6 is 24.0 Å². The second kappa shape index (κ2) is 13.8. The van der Waals surface area contributed by atoms with E-state index in [1.165, 1.54) is 12.1 Å². The molecule has 7 nitrogen and oxygen atoms in total. The summed E-state index contributed by atoms with van der Waals surface area (Å²) in [4.78, 5) is 4.29. The Bertz CT molecular complexity index is 1020. The molecule has 0 aliphatic rings. The largest absolute Gasteiger partial charge is 0.491 e. The van der Waals surface area contributed by atoms with E-state index in [0.717, 1.165) is 34.7 Å². The Morgan fingerprint density at radius 1 is 1.09 bits per heavy atom. The first-order chi connectivity index (χ1) is 15.6. The molecular weight excluding hydrogens is 536 g/mol. The van der Waals surface area contributed by atoms with Crippen LogP contribution in [-0.4, -0.2) is 49.7 Å². The molecule has 3 aromatic rings. The fourth-order valence-electron chi connectivity index (χ4n) is 3.12. The summed E-state index contributed by atoms with van der Waals surface area (Å²) in [6.45, 7) is 4.34. The molecule has 0 bridgehead atoms. The van der Waals surface area contributed by atoms with Crippen LogP contribution in [0.4, 0.5) is 4.39 Å². The zero-order valence-electron chi connectivity index (χ0n) is 19.2. The van der Waals surface area contributed by atoms with Gasteiger partial charge in [-0.1, -0.05) is 12.1 Å². The zero-order chi connectivity index (χ0) is 22.8. The molecule has 0 fully saturated rings. The van der Waals surface area contributed by atoms with E-state index in [-0.39, 0.29) is 29.8 Å². The Labute approximate surface area is 211 Å². The molecule has 1 heterocycles. The van der Waals surface area contributed by atoms with Crippen LogP contribution in [0.2, 0.25) is 0 Å². The number of aliphatic imine (C=N–C) groups is 1. The number of rotatable bonds is 10. The van der Waals surface area contributed by atoms with Crippen LogP contribution in [0.5, 0.6) is 5.75 Å². The number of methoxy groups -OCH3 is 1. The Kier molecular flexibility index (Phi) is 11.1. The number of nitrogens with zero attached hydrogens (tertiary/aromatic N) is 3. The standard InChI is InChI=1S/C24H30FN5O2.HI/c1-18-4-5-19(23(16-18)32-15-14-31-3)17-28-24(26-2)27-12-10-21-11-13-30(29-21)22-8-6-20(25)7-9-22;/h4-9,11,13,16H,10,12,14-15,17H2,1-3H3,(H2,26,27,28);1H. The van der Waals surface area contributed by atoms with Crippen molar-refractivity contribution in [2.75, 3.05) is 33.9 Å². The van der Waals surface area contributed by atoms with E-state index in [1.54, 1.807) is 31.0 Å². The molecule has 9 heteroatoms. The zero-order valence-corrected chi connectivity index (χ0v) is 21.5. The van der Waals surface area contributed by atoms with Gasteiger partial charge in [-0.05, 0) is 48.9 Å². The summed E-state index contributed by atoms with van der Waals surface area (Å²) in [6, 6.07) is 14.4. The van der Waals surface area contributed by atoms with E-state index >= 15 is 0 Å². The van der Waals surface area contributed by atoms with Crippen molar-refractivity contribution in [1.82, 2.24) is 20.4 Å². The number of ether oxygens (including phenoxy) is 2. The van der Waals surface area contributed by atoms with Crippen molar-refractivity contribution >= 4 is 29.9 Å². The molecule has 178 valence electrons. The van der Waals surface area contributed by atoms with Gasteiger partial charge in [0, 0.05) is 45.4 Å². The summed E-state index contributed by atoms with van der Waals surface area (Å²) < 4.78 is 25.8. The third-order valence-corrected chi connectivity index (χ3v) is 4.85. The maximum Gasteiger partial charge on any atom is 0.191 e. The maximum atomic E-state index is 13.1. The SMILES string of the molecule is CN=C(NCCc1ccn(-c2ccc(F)cc2)n1)NCc1ccc(C)cc1OCCOC.I. The van der Waals surface area contributed by atoms with Gasteiger partial charge in [-0.3, -0.25) is 4.99 Å². The number of nitrogens with one attached hydrogen (secondary N) is 2. The second-order valence-electron chi connectivity index (χ2n) is 7.28. The number of aryl methyl sites for hydroxylation is 1. The number of benzene rings is 2. The molecule has 0 aliphatic heterocycles. The molecule has 2 aromatic carbocycles. The molecule has 0 unspecified atom stereocenters. The molecule has 0 atom stereocenters. The number of hydrogen-bond donors (Lipinski definition) is 2. The van der Waals surface area contributed by atoms with Crippen LogP contribution in [0, 0.1) is 12.7 Å². The number of hydrogen-bond acceptors (Lipinski definition) is 4. The van der Waals surface area contributed by atoms with Gasteiger partial charge >= 0.3 is 0 Å². The van der Waals surface area contributed by atoms with Gasteiger partial charge in [0.2, 0.25) is 0 Å². The summed E-state index contributed by atoms with van der Waals surface area (Å²) in [5.41, 5.74) is 3.95. The molecule has 33 heavy (non-hydrogen) atoms. The number of halogens is 2. The van der Waals surface area contributed by atoms with E-state index < -0.39 is 0 Å². The van der Waals surface area contributed by atoms with Crippen molar-refractivity contribution < 1.29 is 13.9 Å². The molecule has 0 aliphatic carbocycles. The van der Waals surface area contributed by atoms with Crippen LogP contribution in [0.15, 0.2) is 59.7 Å². The van der Waals surface area contributed by atoms with E-state index in [1.807, 2.05) is 25.3 Å². The van der Waals surface area contributed by atoms with Gasteiger partial charge in [-0.15, -0.1) is 24.0 Å². The molecule has 0 radical (unpaired) electrons. The Morgan fingerprint density at radius 3 is 2.61 bits per heavy atom. The Morgan fingerprint density at radius 2 is 1.88 bits per heavy atom. The summed E-state index contributed by atoms with van der Waals surface area (Å²) in [6.07, 6.45) is 2.60. The van der Waals surface area contributed by atoms with Gasteiger partial charge in [-0.25, -0.2) is 9.07 Å². The molecule has 0 spiro atoms. The van der Waals surface area contributed by atoms with E-state index in [0.29, 0.717) is 32.3 Å². The van der Waals surface area contributed by atoms with Crippen LogP contribution in [0.1, 0.15) is 16.8 Å². The first kappa shape index (κ1) is 26.6. The lowest BCUT2D eigenvalue weighted by molar-refractivity contribution is 0.145. The minimum absolute atomic E-state index is 0.